The fraction of sp³-hybridized carbons (Fsp3) is 0.381. The lowest BCUT2D eigenvalue weighted by molar-refractivity contribution is 0.0730. The molecule has 180 valence electrons. The van der Waals surface area contributed by atoms with E-state index in [4.69, 9.17) is 4.74 Å². The van der Waals surface area contributed by atoms with Gasteiger partial charge in [-0.05, 0) is 36.4 Å². The average Bonchev–Trinajstić information content (AvgIpc) is 2.80. The molecule has 1 fully saturated rings. The van der Waals surface area contributed by atoms with Gasteiger partial charge in [-0.3, -0.25) is 4.79 Å². The molecule has 1 heterocycles. The lowest BCUT2D eigenvalue weighted by Crippen LogP contribution is -2.40. The highest BCUT2D eigenvalue weighted by Crippen LogP contribution is 2.23. The van der Waals surface area contributed by atoms with Crippen molar-refractivity contribution in [2.45, 2.75) is 23.6 Å². The topological polar surface area (TPSA) is 113 Å². The van der Waals surface area contributed by atoms with Gasteiger partial charge in [0.2, 0.25) is 20.0 Å². The van der Waals surface area contributed by atoms with Crippen LogP contribution in [0.15, 0.2) is 52.3 Å². The van der Waals surface area contributed by atoms with Crippen molar-refractivity contribution in [1.29, 1.82) is 0 Å². The summed E-state index contributed by atoms with van der Waals surface area (Å²) in [7, 11) is -7.88. The molecule has 9 nitrogen and oxygen atoms in total. The Labute approximate surface area is 193 Å². The van der Waals surface area contributed by atoms with E-state index in [2.05, 4.69) is 5.32 Å². The molecule has 2 aromatic rings. The molecular formula is C21H26FN3O6S2. The number of carbonyl (C=O) groups excluding carboxylic acids is 1. The average molecular weight is 500 g/mol. The highest BCUT2D eigenvalue weighted by atomic mass is 32.2. The van der Waals surface area contributed by atoms with Gasteiger partial charge in [0.15, 0.2) is 0 Å². The van der Waals surface area contributed by atoms with E-state index in [1.54, 1.807) is 13.8 Å². The number of hydrogen-bond donors (Lipinski definition) is 1. The number of morpholine rings is 1. The van der Waals surface area contributed by atoms with Crippen LogP contribution in [0.1, 0.15) is 24.2 Å². The van der Waals surface area contributed by atoms with Gasteiger partial charge in [0, 0.05) is 37.4 Å². The molecule has 1 aliphatic heterocycles. The fourth-order valence-electron chi connectivity index (χ4n) is 3.42. The molecule has 0 spiro atoms. The Morgan fingerprint density at radius 3 is 2.36 bits per heavy atom. The predicted molar refractivity (Wildman–Crippen MR) is 120 cm³/mol. The molecule has 0 bridgehead atoms. The van der Waals surface area contributed by atoms with E-state index in [9.17, 15) is 26.0 Å². The van der Waals surface area contributed by atoms with Gasteiger partial charge < -0.3 is 10.1 Å². The number of amides is 1. The summed E-state index contributed by atoms with van der Waals surface area (Å²) in [4.78, 5) is 12.2. The van der Waals surface area contributed by atoms with Gasteiger partial charge in [0.25, 0.3) is 5.91 Å². The Bertz CT molecular complexity index is 1220. The minimum atomic E-state index is -4.12. The molecule has 2 aromatic carbocycles. The van der Waals surface area contributed by atoms with Crippen LogP contribution in [-0.4, -0.2) is 70.7 Å². The summed E-state index contributed by atoms with van der Waals surface area (Å²) >= 11 is 0. The third-order valence-electron chi connectivity index (χ3n) is 5.22. The lowest BCUT2D eigenvalue weighted by Gasteiger charge is -2.26. The largest absolute Gasteiger partial charge is 0.379 e. The van der Waals surface area contributed by atoms with E-state index in [0.717, 1.165) is 16.4 Å². The van der Waals surface area contributed by atoms with Gasteiger partial charge in [-0.15, -0.1) is 0 Å². The zero-order valence-electron chi connectivity index (χ0n) is 18.3. The lowest BCUT2D eigenvalue weighted by atomic mass is 10.2. The summed E-state index contributed by atoms with van der Waals surface area (Å²) in [5.74, 6) is -1.66. The van der Waals surface area contributed by atoms with Gasteiger partial charge in [-0.2, -0.15) is 8.61 Å². The summed E-state index contributed by atoms with van der Waals surface area (Å²) in [6, 6.07) is 8.81. The highest BCUT2D eigenvalue weighted by molar-refractivity contribution is 7.89. The maximum Gasteiger partial charge on any atom is 0.255 e. The number of anilines is 1. The summed E-state index contributed by atoms with van der Waals surface area (Å²) in [6.45, 7) is 4.65. The molecule has 1 amide bonds. The van der Waals surface area contributed by atoms with Gasteiger partial charge in [-0.1, -0.05) is 19.9 Å². The van der Waals surface area contributed by atoms with E-state index in [-0.39, 0.29) is 42.3 Å². The SMILES string of the molecule is CCN(CC)S(=O)(=O)c1cc(C(=O)Nc2cccc(S(=O)(=O)N3CCOCC3)c2)ccc1F. The molecule has 0 unspecified atom stereocenters. The Kier molecular flexibility index (Phi) is 7.85. The number of nitrogens with zero attached hydrogens (tertiary/aromatic N) is 2. The zero-order chi connectivity index (χ0) is 24.2. The first-order chi connectivity index (χ1) is 15.6. The van der Waals surface area contributed by atoms with Crippen molar-refractivity contribution in [3.8, 4) is 0 Å². The molecule has 12 heteroatoms. The van der Waals surface area contributed by atoms with Crippen molar-refractivity contribution in [1.82, 2.24) is 8.61 Å². The minimum absolute atomic E-state index is 0.00565. The third kappa shape index (κ3) is 5.41. The molecule has 0 aromatic heterocycles. The van der Waals surface area contributed by atoms with Crippen LogP contribution in [0.25, 0.3) is 0 Å². The van der Waals surface area contributed by atoms with Crippen molar-refractivity contribution < 1.29 is 30.8 Å². The smallest absolute Gasteiger partial charge is 0.255 e. The Hall–Kier alpha value is -2.38. The van der Waals surface area contributed by atoms with Crippen LogP contribution in [0.3, 0.4) is 0 Å². The van der Waals surface area contributed by atoms with Gasteiger partial charge >= 0.3 is 0 Å². The van der Waals surface area contributed by atoms with Gasteiger partial charge in [0.1, 0.15) is 10.7 Å². The van der Waals surface area contributed by atoms with E-state index in [1.807, 2.05) is 0 Å². The highest BCUT2D eigenvalue weighted by Gasteiger charge is 2.28. The standard InChI is InChI=1S/C21H26FN3O6S2/c1-3-24(4-2)33(29,30)20-14-16(8-9-19(20)22)21(26)23-17-6-5-7-18(15-17)32(27,28)25-10-12-31-13-11-25/h5-9,14-15H,3-4,10-13H2,1-2H3,(H,23,26). The zero-order valence-corrected chi connectivity index (χ0v) is 20.0. The molecular weight excluding hydrogens is 473 g/mol. The first-order valence-electron chi connectivity index (χ1n) is 10.4. The van der Waals surface area contributed by atoms with Gasteiger partial charge in [0.05, 0.1) is 18.1 Å². The van der Waals surface area contributed by atoms with E-state index in [0.29, 0.717) is 13.2 Å². The van der Waals surface area contributed by atoms with E-state index < -0.39 is 36.7 Å². The molecule has 1 saturated heterocycles. The number of sulfonamides is 2. The molecule has 0 radical (unpaired) electrons. The minimum Gasteiger partial charge on any atom is -0.379 e. The summed E-state index contributed by atoms with van der Waals surface area (Å²) in [5.41, 5.74) is 0.121. The van der Waals surface area contributed by atoms with E-state index in [1.165, 1.54) is 34.6 Å². The first kappa shape index (κ1) is 25.2. The number of halogens is 1. The normalized spacial score (nSPS) is 15.5. The Morgan fingerprint density at radius 2 is 1.73 bits per heavy atom. The quantitative estimate of drug-likeness (QED) is 0.595. The van der Waals surface area contributed by atoms with Crippen molar-refractivity contribution in [2.75, 3.05) is 44.7 Å². The fourth-order valence-corrected chi connectivity index (χ4v) is 6.42. The number of benzene rings is 2. The maximum absolute atomic E-state index is 14.3. The predicted octanol–water partition coefficient (Wildman–Crippen LogP) is 2.13. The molecule has 0 atom stereocenters. The van der Waals surface area contributed by atoms with Crippen molar-refractivity contribution in [3.63, 3.8) is 0 Å². The van der Waals surface area contributed by atoms with Gasteiger partial charge in [-0.25, -0.2) is 21.2 Å². The number of rotatable bonds is 8. The Balaban J connectivity index is 1.86. The first-order valence-corrected chi connectivity index (χ1v) is 13.3. The molecule has 33 heavy (non-hydrogen) atoms. The summed E-state index contributed by atoms with van der Waals surface area (Å²) < 4.78 is 73.1. The second kappa shape index (κ2) is 10.3. The van der Waals surface area contributed by atoms with Crippen LogP contribution in [0.4, 0.5) is 10.1 Å². The van der Waals surface area contributed by atoms with Crippen LogP contribution in [0, 0.1) is 5.82 Å². The van der Waals surface area contributed by atoms with Crippen LogP contribution in [0.5, 0.6) is 0 Å². The van der Waals surface area contributed by atoms with Crippen LogP contribution < -0.4 is 5.32 Å². The molecule has 3 rings (SSSR count). The summed E-state index contributed by atoms with van der Waals surface area (Å²) in [6.07, 6.45) is 0. The van der Waals surface area contributed by atoms with Crippen LogP contribution in [0.2, 0.25) is 0 Å². The van der Waals surface area contributed by atoms with Crippen molar-refractivity contribution in [3.05, 3.63) is 53.8 Å². The number of hydrogen-bond acceptors (Lipinski definition) is 6. The van der Waals surface area contributed by atoms with Crippen LogP contribution in [-0.2, 0) is 24.8 Å². The van der Waals surface area contributed by atoms with E-state index >= 15 is 0 Å². The Morgan fingerprint density at radius 1 is 1.06 bits per heavy atom. The molecule has 1 aliphatic rings. The second-order valence-electron chi connectivity index (χ2n) is 7.23. The maximum atomic E-state index is 14.3. The molecule has 0 saturated carbocycles. The number of ether oxygens (including phenoxy) is 1. The molecule has 0 aliphatic carbocycles. The number of carbonyl (C=O) groups is 1. The second-order valence-corrected chi connectivity index (χ2v) is 11.1. The van der Waals surface area contributed by atoms with Crippen LogP contribution >= 0.6 is 0 Å². The monoisotopic (exact) mass is 499 g/mol. The summed E-state index contributed by atoms with van der Waals surface area (Å²) in [5, 5.41) is 2.55. The van der Waals surface area contributed by atoms with Crippen molar-refractivity contribution in [2.24, 2.45) is 0 Å². The molecule has 1 N–H and O–H groups in total. The van der Waals surface area contributed by atoms with Crippen molar-refractivity contribution >= 4 is 31.6 Å². The third-order valence-corrected chi connectivity index (χ3v) is 9.18. The number of nitrogens with one attached hydrogen (secondary N) is 1.